The second-order valence-electron chi connectivity index (χ2n) is 6.69. The number of nitrogens with one attached hydrogen (secondary N) is 1. The van der Waals surface area contributed by atoms with Gasteiger partial charge in [-0.15, -0.1) is 0 Å². The summed E-state index contributed by atoms with van der Waals surface area (Å²) >= 11 is 0. The van der Waals surface area contributed by atoms with Crippen LogP contribution in [-0.4, -0.2) is 62.0 Å². The summed E-state index contributed by atoms with van der Waals surface area (Å²) in [6, 6.07) is 0.431. The van der Waals surface area contributed by atoms with E-state index in [1.54, 1.807) is 0 Å². The fourth-order valence-electron chi connectivity index (χ4n) is 2.71. The molecule has 1 aliphatic rings. The van der Waals surface area contributed by atoms with Gasteiger partial charge in [-0.2, -0.15) is 0 Å². The lowest BCUT2D eigenvalue weighted by Crippen LogP contribution is -2.38. The van der Waals surface area contributed by atoms with Crippen molar-refractivity contribution >= 4 is 0 Å². The number of nitrogens with zero attached hydrogens (tertiary/aromatic N) is 1. The number of hydrogen-bond donors (Lipinski definition) is 2. The van der Waals surface area contributed by atoms with E-state index in [9.17, 15) is 5.11 Å². The maximum Gasteiger partial charge on any atom is 0.0897 e. The van der Waals surface area contributed by atoms with Gasteiger partial charge in [-0.05, 0) is 52.7 Å². The topological polar surface area (TPSA) is 44.7 Å². The van der Waals surface area contributed by atoms with Crippen LogP contribution >= 0.6 is 0 Å². The Labute approximate surface area is 124 Å². The third kappa shape index (κ3) is 7.58. The molecule has 2 N–H and O–H groups in total. The number of hydrogen-bond acceptors (Lipinski definition) is 4. The summed E-state index contributed by atoms with van der Waals surface area (Å²) in [7, 11) is 4.17. The molecule has 1 fully saturated rings. The van der Waals surface area contributed by atoms with Crippen molar-refractivity contribution < 1.29 is 9.84 Å². The molecule has 4 nitrogen and oxygen atoms in total. The minimum Gasteiger partial charge on any atom is -0.389 e. The Morgan fingerprint density at radius 2 is 2.00 bits per heavy atom. The molecule has 4 unspecified atom stereocenters. The van der Waals surface area contributed by atoms with Gasteiger partial charge >= 0.3 is 0 Å². The van der Waals surface area contributed by atoms with Crippen LogP contribution in [0.1, 0.15) is 46.0 Å². The molecule has 0 aromatic carbocycles. The van der Waals surface area contributed by atoms with Crippen LogP contribution in [-0.2, 0) is 4.74 Å². The monoisotopic (exact) mass is 286 g/mol. The van der Waals surface area contributed by atoms with E-state index in [-0.39, 0.29) is 0 Å². The van der Waals surface area contributed by atoms with Crippen LogP contribution in [0.4, 0.5) is 0 Å². The van der Waals surface area contributed by atoms with Gasteiger partial charge in [0.1, 0.15) is 0 Å². The summed E-state index contributed by atoms with van der Waals surface area (Å²) in [6.45, 7) is 6.58. The second kappa shape index (κ2) is 9.72. The van der Waals surface area contributed by atoms with Crippen LogP contribution in [0, 0.1) is 5.92 Å². The van der Waals surface area contributed by atoms with Gasteiger partial charge in [-0.3, -0.25) is 0 Å². The van der Waals surface area contributed by atoms with E-state index in [1.807, 2.05) is 0 Å². The lowest BCUT2D eigenvalue weighted by molar-refractivity contribution is -0.0455. The van der Waals surface area contributed by atoms with E-state index < -0.39 is 6.10 Å². The largest absolute Gasteiger partial charge is 0.389 e. The molecule has 4 atom stereocenters. The zero-order chi connectivity index (χ0) is 15.0. The summed E-state index contributed by atoms with van der Waals surface area (Å²) in [5.41, 5.74) is 0. The molecule has 1 aliphatic carbocycles. The molecule has 1 saturated carbocycles. The molecule has 20 heavy (non-hydrogen) atoms. The van der Waals surface area contributed by atoms with Crippen molar-refractivity contribution in [2.45, 2.75) is 64.2 Å². The molecule has 0 aliphatic heterocycles. The molecule has 0 heterocycles. The fourth-order valence-corrected chi connectivity index (χ4v) is 2.71. The predicted octanol–water partition coefficient (Wildman–Crippen LogP) is 1.87. The average molecular weight is 286 g/mol. The molecule has 1 rings (SSSR count). The Morgan fingerprint density at radius 1 is 1.30 bits per heavy atom. The van der Waals surface area contributed by atoms with Crippen molar-refractivity contribution in [1.29, 1.82) is 0 Å². The Morgan fingerprint density at radius 3 is 2.65 bits per heavy atom. The van der Waals surface area contributed by atoms with E-state index in [1.165, 1.54) is 19.3 Å². The Balaban J connectivity index is 2.08. The molecule has 0 saturated heterocycles. The molecule has 0 aromatic heterocycles. The maximum atomic E-state index is 9.99. The van der Waals surface area contributed by atoms with Gasteiger partial charge in [0, 0.05) is 12.6 Å². The van der Waals surface area contributed by atoms with Gasteiger partial charge in [-0.25, -0.2) is 0 Å². The van der Waals surface area contributed by atoms with Crippen LogP contribution in [0.25, 0.3) is 0 Å². The first-order valence-electron chi connectivity index (χ1n) is 8.16. The van der Waals surface area contributed by atoms with E-state index in [0.29, 0.717) is 31.2 Å². The Kier molecular flexibility index (Phi) is 8.69. The first-order valence-corrected chi connectivity index (χ1v) is 8.16. The smallest absolute Gasteiger partial charge is 0.0897 e. The SMILES string of the molecule is CC(CCN(C)C)NCC(O)COC1CCCCC1C. The highest BCUT2D eigenvalue weighted by Crippen LogP contribution is 2.26. The van der Waals surface area contributed by atoms with Crippen LogP contribution < -0.4 is 5.32 Å². The molecule has 120 valence electrons. The Bertz CT molecular complexity index is 249. The van der Waals surface area contributed by atoms with Crippen molar-refractivity contribution in [3.63, 3.8) is 0 Å². The van der Waals surface area contributed by atoms with Crippen molar-refractivity contribution in [2.24, 2.45) is 5.92 Å². The van der Waals surface area contributed by atoms with Gasteiger partial charge in [-0.1, -0.05) is 19.8 Å². The zero-order valence-electron chi connectivity index (χ0n) is 13.8. The van der Waals surface area contributed by atoms with Gasteiger partial charge in [0.05, 0.1) is 18.8 Å². The summed E-state index contributed by atoms with van der Waals surface area (Å²) in [5.74, 6) is 0.642. The quantitative estimate of drug-likeness (QED) is 0.679. The highest BCUT2D eigenvalue weighted by molar-refractivity contribution is 4.73. The second-order valence-corrected chi connectivity index (χ2v) is 6.69. The number of rotatable bonds is 9. The third-order valence-electron chi connectivity index (χ3n) is 4.25. The highest BCUT2D eigenvalue weighted by atomic mass is 16.5. The van der Waals surface area contributed by atoms with Crippen LogP contribution in [0.3, 0.4) is 0 Å². The lowest BCUT2D eigenvalue weighted by atomic mass is 9.88. The fraction of sp³-hybridized carbons (Fsp3) is 1.00. The molecular formula is C16H34N2O2. The molecule has 0 aromatic rings. The number of aliphatic hydroxyl groups excluding tert-OH is 1. The maximum absolute atomic E-state index is 9.99. The van der Waals surface area contributed by atoms with Crippen molar-refractivity contribution in [1.82, 2.24) is 10.2 Å². The molecule has 0 bridgehead atoms. The summed E-state index contributed by atoms with van der Waals surface area (Å²) in [4.78, 5) is 2.18. The Hall–Kier alpha value is -0.160. The summed E-state index contributed by atoms with van der Waals surface area (Å²) in [5, 5.41) is 13.4. The summed E-state index contributed by atoms with van der Waals surface area (Å²) in [6.07, 6.45) is 6.07. The van der Waals surface area contributed by atoms with Crippen LogP contribution in [0.5, 0.6) is 0 Å². The molecular weight excluding hydrogens is 252 g/mol. The third-order valence-corrected chi connectivity index (χ3v) is 4.25. The van der Waals surface area contributed by atoms with E-state index in [2.05, 4.69) is 38.2 Å². The van der Waals surface area contributed by atoms with Crippen molar-refractivity contribution in [2.75, 3.05) is 33.8 Å². The van der Waals surface area contributed by atoms with Gasteiger partial charge < -0.3 is 20.1 Å². The summed E-state index contributed by atoms with van der Waals surface area (Å²) < 4.78 is 5.89. The molecule has 0 amide bonds. The van der Waals surface area contributed by atoms with E-state index >= 15 is 0 Å². The van der Waals surface area contributed by atoms with Crippen molar-refractivity contribution in [3.8, 4) is 0 Å². The standard InChI is InChI=1S/C16H34N2O2/c1-13-7-5-6-8-16(13)20-12-15(19)11-17-14(2)9-10-18(3)4/h13-17,19H,5-12H2,1-4H3. The number of aliphatic hydroxyl groups is 1. The predicted molar refractivity (Wildman–Crippen MR) is 84.0 cm³/mol. The highest BCUT2D eigenvalue weighted by Gasteiger charge is 2.22. The zero-order valence-corrected chi connectivity index (χ0v) is 13.8. The van der Waals surface area contributed by atoms with E-state index in [4.69, 9.17) is 4.74 Å². The van der Waals surface area contributed by atoms with Crippen molar-refractivity contribution in [3.05, 3.63) is 0 Å². The molecule has 0 radical (unpaired) electrons. The van der Waals surface area contributed by atoms with Gasteiger partial charge in [0.25, 0.3) is 0 Å². The average Bonchev–Trinajstić information content (AvgIpc) is 2.42. The van der Waals surface area contributed by atoms with Gasteiger partial charge in [0.15, 0.2) is 0 Å². The van der Waals surface area contributed by atoms with Crippen LogP contribution in [0.2, 0.25) is 0 Å². The molecule has 0 spiro atoms. The first kappa shape index (κ1) is 17.9. The first-order chi connectivity index (χ1) is 9.49. The molecule has 4 heteroatoms. The lowest BCUT2D eigenvalue weighted by Gasteiger charge is -2.29. The van der Waals surface area contributed by atoms with Crippen LogP contribution in [0.15, 0.2) is 0 Å². The van der Waals surface area contributed by atoms with Gasteiger partial charge in [0.2, 0.25) is 0 Å². The minimum atomic E-state index is -0.397. The number of ether oxygens (including phenoxy) is 1. The normalized spacial score (nSPS) is 26.7. The van der Waals surface area contributed by atoms with E-state index in [0.717, 1.165) is 19.4 Å². The minimum absolute atomic E-state index is 0.351.